The molecular formula is C29H38N4O4S. The number of amides is 1. The van der Waals surface area contributed by atoms with Crippen LogP contribution in [0, 0.1) is 0 Å². The molecule has 1 fully saturated rings. The van der Waals surface area contributed by atoms with Crippen molar-refractivity contribution in [3.63, 3.8) is 0 Å². The smallest absolute Gasteiger partial charge is 0.289 e. The van der Waals surface area contributed by atoms with Crippen LogP contribution in [-0.4, -0.2) is 61.7 Å². The van der Waals surface area contributed by atoms with E-state index in [2.05, 4.69) is 37.8 Å². The second-order valence-electron chi connectivity index (χ2n) is 10.6. The standard InChI is InChI=1S/C29H38N4O4S/c1-29(2,3)25-18-26(32(4)16-13-20-9-11-22(35-5)24(17-20)36-6)31-28(30-25)38-19-21-10-12-23(37-21)27(34)33-14-7-8-15-33/h9-12,17-18H,7-8,13-16,19H2,1-6H3. The first-order chi connectivity index (χ1) is 18.2. The van der Waals surface area contributed by atoms with Crippen molar-refractivity contribution in [1.82, 2.24) is 14.9 Å². The number of aromatic nitrogens is 2. The third-order valence-corrected chi connectivity index (χ3v) is 7.51. The minimum absolute atomic E-state index is 0.0249. The molecule has 3 heterocycles. The van der Waals surface area contributed by atoms with E-state index in [0.717, 1.165) is 73.2 Å². The van der Waals surface area contributed by atoms with Crippen molar-refractivity contribution in [2.45, 2.75) is 56.4 Å². The Morgan fingerprint density at radius 1 is 1.05 bits per heavy atom. The van der Waals surface area contributed by atoms with Crippen molar-refractivity contribution in [1.29, 1.82) is 0 Å². The fraction of sp³-hybridized carbons (Fsp3) is 0.483. The Morgan fingerprint density at radius 2 is 1.79 bits per heavy atom. The number of likely N-dealkylation sites (N-methyl/N-ethyl adjacent to an activating group) is 1. The van der Waals surface area contributed by atoms with E-state index < -0.39 is 0 Å². The molecule has 204 valence electrons. The van der Waals surface area contributed by atoms with E-state index in [4.69, 9.17) is 23.9 Å². The summed E-state index contributed by atoms with van der Waals surface area (Å²) in [5.74, 6) is 4.00. The van der Waals surface area contributed by atoms with Crippen molar-refractivity contribution >= 4 is 23.5 Å². The summed E-state index contributed by atoms with van der Waals surface area (Å²) >= 11 is 1.52. The van der Waals surface area contributed by atoms with Gasteiger partial charge in [-0.25, -0.2) is 9.97 Å². The van der Waals surface area contributed by atoms with Crippen LogP contribution in [0.4, 0.5) is 5.82 Å². The first kappa shape index (κ1) is 27.8. The summed E-state index contributed by atoms with van der Waals surface area (Å²) in [6.07, 6.45) is 2.94. The molecule has 1 aliphatic rings. The van der Waals surface area contributed by atoms with Crippen LogP contribution in [-0.2, 0) is 17.6 Å². The van der Waals surface area contributed by atoms with Crippen LogP contribution in [0.15, 0.2) is 46.0 Å². The molecule has 0 spiro atoms. The minimum Gasteiger partial charge on any atom is -0.493 e. The minimum atomic E-state index is -0.128. The van der Waals surface area contributed by atoms with Crippen molar-refractivity contribution in [2.75, 3.05) is 45.8 Å². The summed E-state index contributed by atoms with van der Waals surface area (Å²) in [6, 6.07) is 11.7. The highest BCUT2D eigenvalue weighted by Crippen LogP contribution is 2.30. The molecule has 0 radical (unpaired) electrons. The molecule has 1 aromatic carbocycles. The number of ether oxygens (including phenoxy) is 2. The molecule has 1 aliphatic heterocycles. The van der Waals surface area contributed by atoms with Crippen LogP contribution in [0.5, 0.6) is 11.5 Å². The Balaban J connectivity index is 1.45. The maximum absolute atomic E-state index is 12.6. The topological polar surface area (TPSA) is 80.9 Å². The van der Waals surface area contributed by atoms with E-state index in [0.29, 0.717) is 16.7 Å². The molecule has 0 atom stereocenters. The zero-order chi connectivity index (χ0) is 27.3. The van der Waals surface area contributed by atoms with Crippen molar-refractivity contribution in [3.8, 4) is 11.5 Å². The van der Waals surface area contributed by atoms with Crippen LogP contribution in [0.3, 0.4) is 0 Å². The van der Waals surface area contributed by atoms with Gasteiger partial charge in [0.05, 0.1) is 25.7 Å². The summed E-state index contributed by atoms with van der Waals surface area (Å²) in [6.45, 7) is 8.85. The van der Waals surface area contributed by atoms with Gasteiger partial charge in [0.25, 0.3) is 5.91 Å². The number of rotatable bonds is 10. The number of hydrogen-bond donors (Lipinski definition) is 0. The van der Waals surface area contributed by atoms with E-state index in [1.807, 2.05) is 30.1 Å². The maximum Gasteiger partial charge on any atom is 0.289 e. The summed E-state index contributed by atoms with van der Waals surface area (Å²) in [4.78, 5) is 26.3. The molecule has 9 heteroatoms. The Hall–Kier alpha value is -3.20. The van der Waals surface area contributed by atoms with E-state index in [1.54, 1.807) is 20.3 Å². The molecular weight excluding hydrogens is 500 g/mol. The average Bonchev–Trinajstić information content (AvgIpc) is 3.62. The summed E-state index contributed by atoms with van der Waals surface area (Å²) in [7, 11) is 5.34. The second kappa shape index (κ2) is 12.1. The summed E-state index contributed by atoms with van der Waals surface area (Å²) in [5.41, 5.74) is 2.01. The highest BCUT2D eigenvalue weighted by Gasteiger charge is 2.23. The predicted molar refractivity (Wildman–Crippen MR) is 151 cm³/mol. The SMILES string of the molecule is COc1ccc(CCN(C)c2cc(C(C)(C)C)nc(SCc3ccc(C(=O)N4CCCC4)o3)n2)cc1OC. The van der Waals surface area contributed by atoms with Crippen LogP contribution in [0.2, 0.25) is 0 Å². The van der Waals surface area contributed by atoms with E-state index >= 15 is 0 Å². The van der Waals surface area contributed by atoms with Gasteiger partial charge in [-0.15, -0.1) is 0 Å². The molecule has 0 unspecified atom stereocenters. The Labute approximate surface area is 229 Å². The van der Waals surface area contributed by atoms with Crippen LogP contribution < -0.4 is 14.4 Å². The maximum atomic E-state index is 12.6. The zero-order valence-electron chi connectivity index (χ0n) is 23.2. The monoisotopic (exact) mass is 538 g/mol. The molecule has 1 saturated heterocycles. The van der Waals surface area contributed by atoms with E-state index in [-0.39, 0.29) is 11.3 Å². The number of thioether (sulfide) groups is 1. The lowest BCUT2D eigenvalue weighted by Crippen LogP contribution is -2.27. The number of benzene rings is 1. The first-order valence-corrected chi connectivity index (χ1v) is 14.0. The van der Waals surface area contributed by atoms with Crippen LogP contribution in [0.25, 0.3) is 0 Å². The fourth-order valence-electron chi connectivity index (χ4n) is 4.29. The molecule has 0 N–H and O–H groups in total. The van der Waals surface area contributed by atoms with Gasteiger partial charge in [-0.05, 0) is 49.1 Å². The third kappa shape index (κ3) is 6.81. The number of likely N-dealkylation sites (tertiary alicyclic amines) is 1. The van der Waals surface area contributed by atoms with Gasteiger partial charge in [-0.2, -0.15) is 0 Å². The Kier molecular flexibility index (Phi) is 8.87. The van der Waals surface area contributed by atoms with Crippen molar-refractivity contribution in [3.05, 3.63) is 59.2 Å². The zero-order valence-corrected chi connectivity index (χ0v) is 24.1. The normalized spacial score (nSPS) is 13.6. The third-order valence-electron chi connectivity index (χ3n) is 6.64. The van der Waals surface area contributed by atoms with Gasteiger partial charge >= 0.3 is 0 Å². The Bertz CT molecular complexity index is 1250. The molecule has 2 aromatic heterocycles. The number of carbonyl (C=O) groups is 1. The van der Waals surface area contributed by atoms with Crippen LogP contribution in [0.1, 0.15) is 61.2 Å². The lowest BCUT2D eigenvalue weighted by molar-refractivity contribution is 0.0759. The number of carbonyl (C=O) groups excluding carboxylic acids is 1. The molecule has 0 saturated carbocycles. The van der Waals surface area contributed by atoms with Gasteiger partial charge in [-0.3, -0.25) is 4.79 Å². The summed E-state index contributed by atoms with van der Waals surface area (Å²) in [5, 5.41) is 0.689. The first-order valence-electron chi connectivity index (χ1n) is 13.0. The van der Waals surface area contributed by atoms with Crippen molar-refractivity contribution in [2.24, 2.45) is 0 Å². The number of nitrogens with zero attached hydrogens (tertiary/aromatic N) is 4. The second-order valence-corrected chi connectivity index (χ2v) is 11.5. The van der Waals surface area contributed by atoms with Crippen LogP contribution >= 0.6 is 11.8 Å². The lowest BCUT2D eigenvalue weighted by atomic mass is 9.92. The predicted octanol–water partition coefficient (Wildman–Crippen LogP) is 5.59. The number of methoxy groups -OCH3 is 2. The number of anilines is 1. The molecule has 0 aliphatic carbocycles. The fourth-order valence-corrected chi connectivity index (χ4v) is 5.03. The van der Waals surface area contributed by atoms with Gasteiger partial charge in [0.1, 0.15) is 11.6 Å². The lowest BCUT2D eigenvalue weighted by Gasteiger charge is -2.23. The number of furan rings is 1. The van der Waals surface area contributed by atoms with Gasteiger partial charge < -0.3 is 23.7 Å². The van der Waals surface area contributed by atoms with Gasteiger partial charge in [0.2, 0.25) is 0 Å². The van der Waals surface area contributed by atoms with Gasteiger partial charge in [0, 0.05) is 38.2 Å². The molecule has 0 bridgehead atoms. The van der Waals surface area contributed by atoms with E-state index in [1.165, 1.54) is 11.8 Å². The highest BCUT2D eigenvalue weighted by atomic mass is 32.2. The average molecular weight is 539 g/mol. The molecule has 4 rings (SSSR count). The van der Waals surface area contributed by atoms with Gasteiger partial charge in [-0.1, -0.05) is 38.6 Å². The molecule has 1 amide bonds. The summed E-state index contributed by atoms with van der Waals surface area (Å²) < 4.78 is 16.7. The van der Waals surface area contributed by atoms with E-state index in [9.17, 15) is 4.79 Å². The van der Waals surface area contributed by atoms with Gasteiger partial charge in [0.15, 0.2) is 22.4 Å². The molecule has 3 aromatic rings. The largest absolute Gasteiger partial charge is 0.493 e. The molecule has 8 nitrogen and oxygen atoms in total. The molecule has 38 heavy (non-hydrogen) atoms. The number of hydrogen-bond acceptors (Lipinski definition) is 8. The highest BCUT2D eigenvalue weighted by molar-refractivity contribution is 7.98. The van der Waals surface area contributed by atoms with Crippen molar-refractivity contribution < 1.29 is 18.7 Å². The quantitative estimate of drug-likeness (QED) is 0.244. The Morgan fingerprint density at radius 3 is 2.47 bits per heavy atom.